The molecule has 1 rings (SSSR count). The minimum absolute atomic E-state index is 0.125. The van der Waals surface area contributed by atoms with Gasteiger partial charge in [0.05, 0.1) is 0 Å². The molecule has 0 aromatic carbocycles. The highest BCUT2D eigenvalue weighted by Gasteiger charge is 2.35. The summed E-state index contributed by atoms with van der Waals surface area (Å²) in [4.78, 5) is 0. The molecule has 3 N–H and O–H groups in total. The summed E-state index contributed by atoms with van der Waals surface area (Å²) < 4.78 is 0. The van der Waals surface area contributed by atoms with Crippen LogP contribution >= 0.6 is 0 Å². The third-order valence-corrected chi connectivity index (χ3v) is 2.15. The molecule has 0 unspecified atom stereocenters. The number of hydrogen-bond acceptors (Lipinski definition) is 3. The van der Waals surface area contributed by atoms with Crippen molar-refractivity contribution < 1.29 is 0 Å². The lowest BCUT2D eigenvalue weighted by Gasteiger charge is -2.42. The summed E-state index contributed by atoms with van der Waals surface area (Å²) in [7, 11) is 0. The van der Waals surface area contributed by atoms with Crippen molar-refractivity contribution in [1.29, 1.82) is 0 Å². The Bertz CT molecular complexity index is 186. The maximum Gasteiger partial charge on any atom is 0.0412 e. The first-order valence-electron chi connectivity index (χ1n) is 4.40. The average Bonchev–Trinajstić information content (AvgIpc) is 1.80. The van der Waals surface area contributed by atoms with Crippen LogP contribution < -0.4 is 11.2 Å². The number of hydrogen-bond donors (Lipinski definition) is 2. The lowest BCUT2D eigenvalue weighted by atomic mass is 9.81. The lowest BCUT2D eigenvalue weighted by molar-refractivity contribution is 0.252. The van der Waals surface area contributed by atoms with E-state index in [1.165, 1.54) is 0 Å². The van der Waals surface area contributed by atoms with Gasteiger partial charge in [0, 0.05) is 29.6 Å². The van der Waals surface area contributed by atoms with E-state index in [9.17, 15) is 0 Å². The molecular weight excluding hydrogens is 150 g/mol. The Morgan fingerprint density at radius 2 is 1.58 bits per heavy atom. The summed E-state index contributed by atoms with van der Waals surface area (Å²) in [5.74, 6) is 5.31. The molecule has 12 heavy (non-hydrogen) atoms. The largest absolute Gasteiger partial charge is 0.323 e. The van der Waals surface area contributed by atoms with Gasteiger partial charge in [-0.25, -0.2) is 0 Å². The highest BCUT2D eigenvalue weighted by Crippen LogP contribution is 2.25. The van der Waals surface area contributed by atoms with E-state index < -0.39 is 0 Å². The van der Waals surface area contributed by atoms with Crippen LogP contribution in [-0.2, 0) is 0 Å². The van der Waals surface area contributed by atoms with Crippen LogP contribution in [0.3, 0.4) is 0 Å². The maximum atomic E-state index is 5.31. The Balaban J connectivity index is 2.80. The van der Waals surface area contributed by atoms with Crippen LogP contribution in [0.5, 0.6) is 0 Å². The second kappa shape index (κ2) is 2.73. The van der Waals surface area contributed by atoms with E-state index in [0.717, 1.165) is 18.6 Å². The van der Waals surface area contributed by atoms with Gasteiger partial charge in [-0.05, 0) is 27.7 Å². The van der Waals surface area contributed by atoms with Gasteiger partial charge in [0.25, 0.3) is 0 Å². The van der Waals surface area contributed by atoms with Crippen molar-refractivity contribution in [3.8, 4) is 0 Å². The second-order valence-corrected chi connectivity index (χ2v) is 4.94. The van der Waals surface area contributed by atoms with Gasteiger partial charge >= 0.3 is 0 Å². The molecule has 0 aromatic rings. The minimum atomic E-state index is 0.125. The van der Waals surface area contributed by atoms with Crippen LogP contribution in [0, 0.1) is 0 Å². The summed E-state index contributed by atoms with van der Waals surface area (Å²) in [5, 5.41) is 7.38. The van der Waals surface area contributed by atoms with E-state index in [2.05, 4.69) is 38.1 Å². The molecular formula is C9H19N3. The normalized spacial score (nSPS) is 26.8. The number of nitrogens with two attached hydrogens (primary N) is 1. The number of nitrogens with zero attached hydrogens (tertiary/aromatic N) is 1. The zero-order valence-corrected chi connectivity index (χ0v) is 8.44. The van der Waals surface area contributed by atoms with Gasteiger partial charge in [0.1, 0.15) is 0 Å². The molecule has 70 valence electrons. The van der Waals surface area contributed by atoms with Crippen molar-refractivity contribution >= 4 is 5.71 Å². The zero-order valence-electron chi connectivity index (χ0n) is 8.44. The number of rotatable bonds is 0. The first kappa shape index (κ1) is 9.52. The van der Waals surface area contributed by atoms with Crippen LogP contribution in [0.15, 0.2) is 5.10 Å². The molecule has 1 aliphatic heterocycles. The van der Waals surface area contributed by atoms with Gasteiger partial charge in [0.15, 0.2) is 0 Å². The van der Waals surface area contributed by atoms with Gasteiger partial charge < -0.3 is 11.2 Å². The van der Waals surface area contributed by atoms with Crippen molar-refractivity contribution in [1.82, 2.24) is 5.32 Å². The molecule has 3 nitrogen and oxygen atoms in total. The van der Waals surface area contributed by atoms with Gasteiger partial charge in [-0.2, -0.15) is 5.10 Å². The summed E-state index contributed by atoms with van der Waals surface area (Å²) in [5.41, 5.74) is 1.36. The highest BCUT2D eigenvalue weighted by molar-refractivity contribution is 5.87. The Labute approximate surface area is 74.4 Å². The Kier molecular flexibility index (Phi) is 2.17. The van der Waals surface area contributed by atoms with Gasteiger partial charge in [0.2, 0.25) is 0 Å². The summed E-state index contributed by atoms with van der Waals surface area (Å²) in [6, 6.07) is 0. The summed E-state index contributed by atoms with van der Waals surface area (Å²) >= 11 is 0. The topological polar surface area (TPSA) is 50.4 Å². The van der Waals surface area contributed by atoms with E-state index in [-0.39, 0.29) is 11.1 Å². The first-order chi connectivity index (χ1) is 5.35. The summed E-state index contributed by atoms with van der Waals surface area (Å²) in [6.07, 6.45) is 1.90. The quantitative estimate of drug-likeness (QED) is 0.423. The molecule has 0 atom stereocenters. The van der Waals surface area contributed by atoms with Gasteiger partial charge in [-0.3, -0.25) is 0 Å². The van der Waals surface area contributed by atoms with Crippen molar-refractivity contribution in [2.75, 3.05) is 0 Å². The van der Waals surface area contributed by atoms with E-state index in [1.807, 2.05) is 0 Å². The Morgan fingerprint density at radius 1 is 1.17 bits per heavy atom. The third kappa shape index (κ3) is 2.21. The zero-order chi connectivity index (χ0) is 9.41. The smallest absolute Gasteiger partial charge is 0.0412 e. The fraction of sp³-hybridized carbons (Fsp3) is 0.889. The molecule has 1 fully saturated rings. The first-order valence-corrected chi connectivity index (χ1v) is 4.40. The number of nitrogens with one attached hydrogen (secondary N) is 1. The lowest BCUT2D eigenvalue weighted by Crippen LogP contribution is -2.58. The van der Waals surface area contributed by atoms with Crippen LogP contribution in [0.1, 0.15) is 40.5 Å². The van der Waals surface area contributed by atoms with Crippen molar-refractivity contribution in [2.24, 2.45) is 10.9 Å². The Morgan fingerprint density at radius 3 is 1.92 bits per heavy atom. The molecule has 1 heterocycles. The fourth-order valence-corrected chi connectivity index (χ4v) is 2.18. The molecule has 3 heteroatoms. The van der Waals surface area contributed by atoms with Crippen LogP contribution in [0.2, 0.25) is 0 Å². The molecule has 0 bridgehead atoms. The minimum Gasteiger partial charge on any atom is -0.323 e. The van der Waals surface area contributed by atoms with E-state index >= 15 is 0 Å². The maximum absolute atomic E-state index is 5.31. The monoisotopic (exact) mass is 169 g/mol. The van der Waals surface area contributed by atoms with Gasteiger partial charge in [-0.15, -0.1) is 0 Å². The molecule has 0 aromatic heterocycles. The number of hydrazone groups is 1. The standard InChI is InChI=1S/C9H19N3/c1-8(2)5-7(11-10)6-9(3,4)12-8/h12H,5-6,10H2,1-4H3. The highest BCUT2D eigenvalue weighted by atomic mass is 15.1. The molecule has 1 saturated heterocycles. The Hall–Kier alpha value is -0.570. The molecule has 0 spiro atoms. The van der Waals surface area contributed by atoms with Crippen molar-refractivity contribution in [3.63, 3.8) is 0 Å². The predicted molar refractivity (Wildman–Crippen MR) is 52.2 cm³/mol. The SMILES string of the molecule is CC1(C)CC(=NN)CC(C)(C)N1. The van der Waals surface area contributed by atoms with Crippen molar-refractivity contribution in [3.05, 3.63) is 0 Å². The van der Waals surface area contributed by atoms with E-state index in [0.29, 0.717) is 0 Å². The summed E-state index contributed by atoms with van der Waals surface area (Å²) in [6.45, 7) is 8.72. The van der Waals surface area contributed by atoms with Gasteiger partial charge in [-0.1, -0.05) is 0 Å². The van der Waals surface area contributed by atoms with Crippen LogP contribution in [-0.4, -0.2) is 16.8 Å². The molecule has 0 amide bonds. The average molecular weight is 169 g/mol. The van der Waals surface area contributed by atoms with E-state index in [4.69, 9.17) is 5.84 Å². The molecule has 0 radical (unpaired) electrons. The van der Waals surface area contributed by atoms with Crippen LogP contribution in [0.25, 0.3) is 0 Å². The van der Waals surface area contributed by atoms with Crippen molar-refractivity contribution in [2.45, 2.75) is 51.6 Å². The molecule has 1 aliphatic rings. The van der Waals surface area contributed by atoms with E-state index in [1.54, 1.807) is 0 Å². The fourth-order valence-electron chi connectivity index (χ4n) is 2.18. The number of piperidine rings is 1. The third-order valence-electron chi connectivity index (χ3n) is 2.15. The molecule has 0 aliphatic carbocycles. The second-order valence-electron chi connectivity index (χ2n) is 4.94. The predicted octanol–water partition coefficient (Wildman–Crippen LogP) is 1.24. The van der Waals surface area contributed by atoms with Crippen LogP contribution in [0.4, 0.5) is 0 Å². The molecule has 0 saturated carbocycles.